The third kappa shape index (κ3) is 3.55. The average Bonchev–Trinajstić information content (AvgIpc) is 2.83. The normalized spacial score (nSPS) is 17.6. The lowest BCUT2D eigenvalue weighted by Gasteiger charge is -2.04. The molecule has 3 rings (SSSR count). The summed E-state index contributed by atoms with van der Waals surface area (Å²) in [6.45, 7) is 2.04. The maximum absolute atomic E-state index is 12.5. The summed E-state index contributed by atoms with van der Waals surface area (Å²) < 4.78 is 32.7. The van der Waals surface area contributed by atoms with Crippen molar-refractivity contribution in [1.29, 1.82) is 0 Å². The van der Waals surface area contributed by atoms with Crippen LogP contribution in [0.25, 0.3) is 4.91 Å². The molecule has 1 aliphatic rings. The molecule has 25 heavy (non-hydrogen) atoms. The number of hydrogen-bond acceptors (Lipinski definition) is 4. The number of aliphatic imine (C=N–C) groups is 1. The number of ether oxygens (including phenoxy) is 1. The highest BCUT2D eigenvalue weighted by molar-refractivity contribution is 8.00. The fraction of sp³-hybridized carbons (Fsp3) is 0.167. The molecule has 1 heterocycles. The van der Waals surface area contributed by atoms with Crippen molar-refractivity contribution in [3.63, 3.8) is 0 Å². The molecule has 0 atom stereocenters. The van der Waals surface area contributed by atoms with Crippen LogP contribution in [0.5, 0.6) is 5.75 Å². The maximum atomic E-state index is 12.5. The highest BCUT2D eigenvalue weighted by atomic mass is 35.5. The van der Waals surface area contributed by atoms with Crippen molar-refractivity contribution in [2.75, 3.05) is 7.11 Å². The number of halogens is 1. The van der Waals surface area contributed by atoms with Crippen molar-refractivity contribution in [1.82, 2.24) is 4.72 Å². The van der Waals surface area contributed by atoms with E-state index >= 15 is 0 Å². The van der Waals surface area contributed by atoms with Crippen molar-refractivity contribution in [2.45, 2.75) is 13.5 Å². The van der Waals surface area contributed by atoms with Gasteiger partial charge in [-0.2, -0.15) is 0 Å². The van der Waals surface area contributed by atoms with Crippen LogP contribution in [0.2, 0.25) is 5.02 Å². The van der Waals surface area contributed by atoms with E-state index < -0.39 is 10.0 Å². The lowest BCUT2D eigenvalue weighted by atomic mass is 10.1. The molecule has 0 radical (unpaired) electrons. The highest BCUT2D eigenvalue weighted by Gasteiger charge is 2.32. The monoisotopic (exact) mass is 376 g/mol. The summed E-state index contributed by atoms with van der Waals surface area (Å²) in [7, 11) is -2.09. The lowest BCUT2D eigenvalue weighted by Crippen LogP contribution is -2.23. The molecule has 5 nitrogen and oxygen atoms in total. The van der Waals surface area contributed by atoms with Crippen LogP contribution in [0.3, 0.4) is 0 Å². The predicted octanol–water partition coefficient (Wildman–Crippen LogP) is 3.61. The highest BCUT2D eigenvalue weighted by Crippen LogP contribution is 2.31. The van der Waals surface area contributed by atoms with Crippen LogP contribution in [-0.2, 0) is 16.6 Å². The van der Waals surface area contributed by atoms with Gasteiger partial charge in [-0.15, -0.1) is 0 Å². The Balaban J connectivity index is 1.96. The van der Waals surface area contributed by atoms with Crippen LogP contribution in [0.4, 0.5) is 0 Å². The molecule has 1 aliphatic heterocycles. The van der Waals surface area contributed by atoms with Gasteiger partial charge in [-0.05, 0) is 48.4 Å². The fourth-order valence-corrected chi connectivity index (χ4v) is 4.34. The SMILES string of the molecule is COc1ccc(C2=C(C)C(=NCc3ccccc3Cl)NS2(=O)=O)cc1. The van der Waals surface area contributed by atoms with Crippen LogP contribution in [-0.4, -0.2) is 21.4 Å². The summed E-state index contributed by atoms with van der Waals surface area (Å²) in [5, 5.41) is 0.602. The first kappa shape index (κ1) is 17.5. The number of nitrogens with one attached hydrogen (secondary N) is 1. The molecular formula is C18H17ClN2O3S. The Morgan fingerprint density at radius 3 is 2.44 bits per heavy atom. The van der Waals surface area contributed by atoms with E-state index in [2.05, 4.69) is 9.71 Å². The molecule has 0 aliphatic carbocycles. The third-order valence-electron chi connectivity index (χ3n) is 3.91. The first-order valence-electron chi connectivity index (χ1n) is 7.59. The third-order valence-corrected chi connectivity index (χ3v) is 5.82. The number of nitrogens with zero attached hydrogens (tertiary/aromatic N) is 1. The zero-order chi connectivity index (χ0) is 18.0. The summed E-state index contributed by atoms with van der Waals surface area (Å²) in [6, 6.07) is 14.2. The van der Waals surface area contributed by atoms with Gasteiger partial charge in [0, 0.05) is 10.6 Å². The lowest BCUT2D eigenvalue weighted by molar-refractivity contribution is 0.415. The van der Waals surface area contributed by atoms with Gasteiger partial charge in [0.25, 0.3) is 10.0 Å². The quantitative estimate of drug-likeness (QED) is 0.886. The maximum Gasteiger partial charge on any atom is 0.264 e. The number of hydrogen-bond donors (Lipinski definition) is 1. The molecule has 130 valence electrons. The first-order chi connectivity index (χ1) is 11.9. The molecule has 2 aromatic carbocycles. The van der Waals surface area contributed by atoms with Gasteiger partial charge in [-0.3, -0.25) is 9.71 Å². The second kappa shape index (κ2) is 6.90. The Bertz CT molecular complexity index is 964. The van der Waals surface area contributed by atoms with Gasteiger partial charge in [0.15, 0.2) is 0 Å². The molecular weight excluding hydrogens is 360 g/mol. The summed E-state index contributed by atoms with van der Waals surface area (Å²) in [6.07, 6.45) is 0. The first-order valence-corrected chi connectivity index (χ1v) is 9.45. The minimum atomic E-state index is -3.65. The molecule has 0 fully saturated rings. The van der Waals surface area contributed by atoms with E-state index in [0.717, 1.165) is 5.56 Å². The molecule has 0 unspecified atom stereocenters. The standard InChI is InChI=1S/C18H17ClN2O3S/c1-12-17(13-7-9-15(24-2)10-8-13)25(22,23)21-18(12)20-11-14-5-3-4-6-16(14)19/h3-10H,11H2,1-2H3,(H,20,21). The smallest absolute Gasteiger partial charge is 0.264 e. The summed E-state index contributed by atoms with van der Waals surface area (Å²) in [5.41, 5.74) is 2.01. The van der Waals surface area contributed by atoms with Gasteiger partial charge in [0.2, 0.25) is 0 Å². The Morgan fingerprint density at radius 1 is 1.12 bits per heavy atom. The zero-order valence-corrected chi connectivity index (χ0v) is 15.4. The molecule has 2 aromatic rings. The summed E-state index contributed by atoms with van der Waals surface area (Å²) in [4.78, 5) is 4.63. The Morgan fingerprint density at radius 2 is 1.80 bits per heavy atom. The second-order valence-corrected chi connectivity index (χ2v) is 7.57. The van der Waals surface area contributed by atoms with Crippen molar-refractivity contribution in [2.24, 2.45) is 4.99 Å². The number of sulfonamides is 1. The molecule has 0 amide bonds. The van der Waals surface area contributed by atoms with E-state index in [0.29, 0.717) is 34.3 Å². The number of methoxy groups -OCH3 is 1. The van der Waals surface area contributed by atoms with Crippen LogP contribution >= 0.6 is 11.6 Å². The molecule has 0 spiro atoms. The van der Waals surface area contributed by atoms with E-state index in [-0.39, 0.29) is 4.91 Å². The van der Waals surface area contributed by atoms with E-state index in [1.165, 1.54) is 0 Å². The summed E-state index contributed by atoms with van der Waals surface area (Å²) >= 11 is 6.12. The van der Waals surface area contributed by atoms with E-state index in [1.54, 1.807) is 44.4 Å². The Kier molecular flexibility index (Phi) is 4.83. The second-order valence-electron chi connectivity index (χ2n) is 5.54. The van der Waals surface area contributed by atoms with Crippen LogP contribution in [0, 0.1) is 0 Å². The Hall–Kier alpha value is -2.31. The van der Waals surface area contributed by atoms with Gasteiger partial charge in [-0.25, -0.2) is 8.42 Å². The van der Waals surface area contributed by atoms with E-state index in [1.807, 2.05) is 18.2 Å². The molecule has 0 bridgehead atoms. The largest absolute Gasteiger partial charge is 0.497 e. The van der Waals surface area contributed by atoms with E-state index in [4.69, 9.17) is 16.3 Å². The van der Waals surface area contributed by atoms with Crippen LogP contribution in [0.15, 0.2) is 59.1 Å². The van der Waals surface area contributed by atoms with Gasteiger partial charge in [-0.1, -0.05) is 29.8 Å². The fourth-order valence-electron chi connectivity index (χ4n) is 2.62. The van der Waals surface area contributed by atoms with Gasteiger partial charge >= 0.3 is 0 Å². The number of amidine groups is 1. The molecule has 0 saturated carbocycles. The average molecular weight is 377 g/mol. The van der Waals surface area contributed by atoms with Gasteiger partial charge in [0.1, 0.15) is 16.5 Å². The number of rotatable bonds is 4. The van der Waals surface area contributed by atoms with Crippen molar-refractivity contribution in [3.8, 4) is 5.75 Å². The number of benzene rings is 2. The van der Waals surface area contributed by atoms with Crippen LogP contribution in [0.1, 0.15) is 18.1 Å². The summed E-state index contributed by atoms with van der Waals surface area (Å²) in [5.74, 6) is 1.00. The van der Waals surface area contributed by atoms with Crippen molar-refractivity contribution < 1.29 is 13.2 Å². The van der Waals surface area contributed by atoms with Crippen LogP contribution < -0.4 is 9.46 Å². The van der Waals surface area contributed by atoms with Gasteiger partial charge < -0.3 is 4.74 Å². The van der Waals surface area contributed by atoms with E-state index in [9.17, 15) is 8.42 Å². The van der Waals surface area contributed by atoms with Crippen molar-refractivity contribution in [3.05, 3.63) is 70.3 Å². The zero-order valence-electron chi connectivity index (χ0n) is 13.8. The molecule has 0 saturated heterocycles. The Labute approximate surface area is 152 Å². The van der Waals surface area contributed by atoms with Crippen molar-refractivity contribution >= 4 is 32.4 Å². The minimum Gasteiger partial charge on any atom is -0.497 e. The topological polar surface area (TPSA) is 67.8 Å². The predicted molar refractivity (Wildman–Crippen MR) is 100 cm³/mol. The molecule has 0 aromatic heterocycles. The minimum absolute atomic E-state index is 0.230. The van der Waals surface area contributed by atoms with Gasteiger partial charge in [0.05, 0.1) is 13.7 Å². The molecule has 7 heteroatoms. The molecule has 1 N–H and O–H groups in total.